The van der Waals surface area contributed by atoms with Crippen LogP contribution in [-0.4, -0.2) is 43.3 Å². The van der Waals surface area contributed by atoms with E-state index >= 15 is 0 Å². The molecule has 0 aromatic carbocycles. The molecule has 0 heterocycles. The highest BCUT2D eigenvalue weighted by atomic mass is 32.2. The van der Waals surface area contributed by atoms with Crippen LogP contribution in [0.2, 0.25) is 0 Å². The highest BCUT2D eigenvalue weighted by Crippen LogP contribution is 2.41. The summed E-state index contributed by atoms with van der Waals surface area (Å²) >= 11 is 0. The number of hydrogen-bond donors (Lipinski definition) is 1. The van der Waals surface area contributed by atoms with Crippen molar-refractivity contribution in [3.05, 3.63) is 0 Å². The summed E-state index contributed by atoms with van der Waals surface area (Å²) < 4.78 is 23.2. The second-order valence-electron chi connectivity index (χ2n) is 3.11. The summed E-state index contributed by atoms with van der Waals surface area (Å²) in [6.45, 7) is -0.0728. The van der Waals surface area contributed by atoms with Crippen LogP contribution in [0.15, 0.2) is 0 Å². The van der Waals surface area contributed by atoms with Gasteiger partial charge in [-0.15, -0.1) is 0 Å². The largest absolute Gasteiger partial charge is 0.394 e. The molecule has 11 heavy (non-hydrogen) atoms. The predicted octanol–water partition coefficient (Wildman–Crippen LogP) is -0.597. The third-order valence-electron chi connectivity index (χ3n) is 2.29. The number of aliphatic hydroxyl groups is 1. The number of hydrogen-bond acceptors (Lipinski definition) is 3. The van der Waals surface area contributed by atoms with Crippen LogP contribution in [0.1, 0.15) is 12.8 Å². The molecule has 1 N–H and O–H groups in total. The highest BCUT2D eigenvalue weighted by molar-refractivity contribution is 7.88. The second-order valence-corrected chi connectivity index (χ2v) is 5.13. The van der Waals surface area contributed by atoms with E-state index in [4.69, 9.17) is 5.11 Å². The molecule has 0 aromatic rings. The molecular weight excluding hydrogens is 166 g/mol. The molecule has 0 radical (unpaired) electrons. The van der Waals surface area contributed by atoms with E-state index in [-0.39, 0.29) is 6.61 Å². The van der Waals surface area contributed by atoms with Crippen molar-refractivity contribution in [2.45, 2.75) is 18.4 Å². The molecule has 1 fully saturated rings. The quantitative estimate of drug-likeness (QED) is 0.629. The van der Waals surface area contributed by atoms with Crippen molar-refractivity contribution in [3.8, 4) is 0 Å². The number of sulfonamides is 1. The summed E-state index contributed by atoms with van der Waals surface area (Å²) in [5, 5.41) is 8.88. The maximum Gasteiger partial charge on any atom is 0.211 e. The third-order valence-corrected chi connectivity index (χ3v) is 3.67. The van der Waals surface area contributed by atoms with Crippen molar-refractivity contribution in [2.24, 2.45) is 0 Å². The first kappa shape index (κ1) is 8.96. The SMILES string of the molecule is CN(C1(CO)CC1)S(C)(=O)=O. The monoisotopic (exact) mass is 179 g/mol. The molecule has 5 heteroatoms. The van der Waals surface area contributed by atoms with Gasteiger partial charge in [0.15, 0.2) is 0 Å². The van der Waals surface area contributed by atoms with Crippen LogP contribution in [0, 0.1) is 0 Å². The minimum absolute atomic E-state index is 0.0728. The average molecular weight is 179 g/mol. The van der Waals surface area contributed by atoms with Crippen LogP contribution in [0.3, 0.4) is 0 Å². The van der Waals surface area contributed by atoms with E-state index in [0.29, 0.717) is 0 Å². The Kier molecular flexibility index (Phi) is 1.98. The zero-order chi connectivity index (χ0) is 8.70. The smallest absolute Gasteiger partial charge is 0.211 e. The Labute approximate surface area is 66.9 Å². The second kappa shape index (κ2) is 2.43. The fraction of sp³-hybridized carbons (Fsp3) is 1.00. The number of rotatable bonds is 3. The van der Waals surface area contributed by atoms with Gasteiger partial charge in [-0.25, -0.2) is 8.42 Å². The van der Waals surface area contributed by atoms with Gasteiger partial charge >= 0.3 is 0 Å². The fourth-order valence-electron chi connectivity index (χ4n) is 1.07. The maximum atomic E-state index is 11.0. The van der Waals surface area contributed by atoms with Crippen LogP contribution in [0.25, 0.3) is 0 Å². The third kappa shape index (κ3) is 1.55. The van der Waals surface area contributed by atoms with Gasteiger partial charge in [0, 0.05) is 7.05 Å². The fourth-order valence-corrected chi connectivity index (χ4v) is 2.01. The molecule has 66 valence electrons. The van der Waals surface area contributed by atoms with Crippen LogP contribution >= 0.6 is 0 Å². The molecule has 0 atom stereocenters. The van der Waals surface area contributed by atoms with Crippen molar-refractivity contribution < 1.29 is 13.5 Å². The van der Waals surface area contributed by atoms with Gasteiger partial charge in [-0.1, -0.05) is 0 Å². The lowest BCUT2D eigenvalue weighted by Gasteiger charge is -2.23. The normalized spacial score (nSPS) is 22.2. The molecular formula is C6H13NO3S. The molecule has 0 saturated heterocycles. The van der Waals surface area contributed by atoms with E-state index in [1.807, 2.05) is 0 Å². The van der Waals surface area contributed by atoms with Gasteiger partial charge in [0.05, 0.1) is 18.4 Å². The Morgan fingerprint density at radius 3 is 2.09 bits per heavy atom. The topological polar surface area (TPSA) is 57.6 Å². The molecule has 0 amide bonds. The van der Waals surface area contributed by atoms with Gasteiger partial charge in [0.25, 0.3) is 0 Å². The van der Waals surface area contributed by atoms with Gasteiger partial charge in [0.1, 0.15) is 0 Å². The van der Waals surface area contributed by atoms with E-state index in [1.54, 1.807) is 0 Å². The Hall–Kier alpha value is -0.130. The Bertz CT molecular complexity index is 243. The van der Waals surface area contributed by atoms with Crippen LogP contribution in [0.5, 0.6) is 0 Å². The first-order valence-corrected chi connectivity index (χ1v) is 5.32. The maximum absolute atomic E-state index is 11.0. The van der Waals surface area contributed by atoms with E-state index in [1.165, 1.54) is 11.4 Å². The summed E-state index contributed by atoms with van der Waals surface area (Å²) in [7, 11) is -1.62. The first-order chi connectivity index (χ1) is 4.92. The summed E-state index contributed by atoms with van der Waals surface area (Å²) in [4.78, 5) is 0. The minimum atomic E-state index is -3.14. The zero-order valence-corrected chi connectivity index (χ0v) is 7.56. The molecule has 0 spiro atoms. The lowest BCUT2D eigenvalue weighted by molar-refractivity contribution is 0.187. The molecule has 1 aliphatic carbocycles. The Balaban J connectivity index is 2.77. The molecule has 1 saturated carbocycles. The van der Waals surface area contributed by atoms with Crippen LogP contribution < -0.4 is 0 Å². The summed E-state index contributed by atoms with van der Waals surface area (Å²) in [6, 6.07) is 0. The van der Waals surface area contributed by atoms with Gasteiger partial charge < -0.3 is 5.11 Å². The van der Waals surface area contributed by atoms with Crippen molar-refractivity contribution >= 4 is 10.0 Å². The van der Waals surface area contributed by atoms with E-state index in [2.05, 4.69) is 0 Å². The summed E-state index contributed by atoms with van der Waals surface area (Å²) in [5.41, 5.74) is -0.465. The molecule has 0 unspecified atom stereocenters. The summed E-state index contributed by atoms with van der Waals surface area (Å²) in [6.07, 6.45) is 2.70. The van der Waals surface area contributed by atoms with Crippen molar-refractivity contribution in [3.63, 3.8) is 0 Å². The number of nitrogens with zero attached hydrogens (tertiary/aromatic N) is 1. The molecule has 0 bridgehead atoms. The molecule has 4 nitrogen and oxygen atoms in total. The average Bonchev–Trinajstić information content (AvgIpc) is 2.64. The van der Waals surface area contributed by atoms with E-state index < -0.39 is 15.6 Å². The van der Waals surface area contributed by atoms with Crippen LogP contribution in [-0.2, 0) is 10.0 Å². The highest BCUT2D eigenvalue weighted by Gasteiger charge is 2.49. The van der Waals surface area contributed by atoms with Gasteiger partial charge in [0.2, 0.25) is 10.0 Å². The van der Waals surface area contributed by atoms with Crippen LogP contribution in [0.4, 0.5) is 0 Å². The lowest BCUT2D eigenvalue weighted by Crippen LogP contribution is -2.40. The molecule has 0 aliphatic heterocycles. The Morgan fingerprint density at radius 2 is 2.00 bits per heavy atom. The standard InChI is InChI=1S/C6H13NO3S/c1-7(11(2,9)10)6(5-8)3-4-6/h8H,3-5H2,1-2H3. The number of likely N-dealkylation sites (N-methyl/N-ethyl adjacent to an activating group) is 1. The summed E-state index contributed by atoms with van der Waals surface area (Å²) in [5.74, 6) is 0. The van der Waals surface area contributed by atoms with Crippen molar-refractivity contribution in [2.75, 3.05) is 19.9 Å². The van der Waals surface area contributed by atoms with Crippen molar-refractivity contribution in [1.29, 1.82) is 0 Å². The lowest BCUT2D eigenvalue weighted by atomic mass is 10.3. The van der Waals surface area contributed by atoms with Gasteiger partial charge in [-0.2, -0.15) is 4.31 Å². The van der Waals surface area contributed by atoms with Gasteiger partial charge in [-0.3, -0.25) is 0 Å². The van der Waals surface area contributed by atoms with E-state index in [9.17, 15) is 8.42 Å². The van der Waals surface area contributed by atoms with Crippen molar-refractivity contribution in [1.82, 2.24) is 4.31 Å². The molecule has 1 rings (SSSR count). The minimum Gasteiger partial charge on any atom is -0.394 e. The zero-order valence-electron chi connectivity index (χ0n) is 6.74. The molecule has 0 aromatic heterocycles. The predicted molar refractivity (Wildman–Crippen MR) is 41.7 cm³/mol. The van der Waals surface area contributed by atoms with Gasteiger partial charge in [-0.05, 0) is 12.8 Å². The molecule has 1 aliphatic rings. The Morgan fingerprint density at radius 1 is 1.55 bits per heavy atom. The number of aliphatic hydroxyl groups excluding tert-OH is 1. The first-order valence-electron chi connectivity index (χ1n) is 3.47. The van der Waals surface area contributed by atoms with E-state index in [0.717, 1.165) is 19.1 Å².